The van der Waals surface area contributed by atoms with Gasteiger partial charge in [0.15, 0.2) is 5.82 Å². The van der Waals surface area contributed by atoms with Crippen molar-refractivity contribution in [1.82, 2.24) is 30.8 Å². The van der Waals surface area contributed by atoms with Gasteiger partial charge in [0.25, 0.3) is 5.91 Å². The molecule has 5 rings (SSSR count). The first-order chi connectivity index (χ1) is 29.6. The number of anilines is 1. The minimum Gasteiger partial charge on any atom is -0.444 e. The molecule has 1 aromatic heterocycles. The van der Waals surface area contributed by atoms with E-state index in [0.717, 1.165) is 55.3 Å². The topological polar surface area (TPSA) is 158 Å². The molecule has 342 valence electrons. The van der Waals surface area contributed by atoms with Crippen molar-refractivity contribution >= 4 is 40.5 Å². The molecular formula is C46H58F5N7O5. The van der Waals surface area contributed by atoms with Crippen LogP contribution >= 0.6 is 0 Å². The van der Waals surface area contributed by atoms with E-state index in [0.29, 0.717) is 36.6 Å². The number of alkyl carbamates (subject to hydrolysis) is 1. The van der Waals surface area contributed by atoms with Crippen LogP contribution in [-0.2, 0) is 26.7 Å². The molecule has 1 saturated carbocycles. The quantitative estimate of drug-likeness (QED) is 0.0525. The number of halogens is 5. The maximum absolute atomic E-state index is 14.0. The van der Waals surface area contributed by atoms with E-state index in [4.69, 9.17) is 4.74 Å². The summed E-state index contributed by atoms with van der Waals surface area (Å²) in [4.78, 5) is 59.6. The molecule has 0 unspecified atom stereocenters. The van der Waals surface area contributed by atoms with E-state index in [1.54, 1.807) is 26.8 Å². The number of ether oxygens (including phenoxy) is 1. The lowest BCUT2D eigenvalue weighted by atomic mass is 9.80. The molecule has 0 aliphatic heterocycles. The van der Waals surface area contributed by atoms with E-state index in [2.05, 4.69) is 31.2 Å². The van der Waals surface area contributed by atoms with Crippen LogP contribution in [0, 0.1) is 18.8 Å². The first-order valence-corrected chi connectivity index (χ1v) is 21.2. The monoisotopic (exact) mass is 883 g/mol. The number of aromatic nitrogens is 2. The van der Waals surface area contributed by atoms with Gasteiger partial charge in [0.1, 0.15) is 11.6 Å². The zero-order valence-electron chi connectivity index (χ0n) is 36.6. The Morgan fingerprint density at radius 2 is 1.57 bits per heavy atom. The van der Waals surface area contributed by atoms with Crippen molar-refractivity contribution in [2.24, 2.45) is 11.8 Å². The van der Waals surface area contributed by atoms with Crippen LogP contribution in [0.2, 0.25) is 0 Å². The average Bonchev–Trinajstić information content (AvgIpc) is 3.65. The van der Waals surface area contributed by atoms with Crippen molar-refractivity contribution in [1.29, 1.82) is 0 Å². The van der Waals surface area contributed by atoms with Crippen LogP contribution in [0.25, 0.3) is 22.2 Å². The Balaban J connectivity index is 1.25. The summed E-state index contributed by atoms with van der Waals surface area (Å²) in [6.45, 7) is 9.26. The van der Waals surface area contributed by atoms with Gasteiger partial charge in [-0.05, 0) is 138 Å². The predicted octanol–water partition coefficient (Wildman–Crippen LogP) is 8.65. The van der Waals surface area contributed by atoms with E-state index < -0.39 is 41.6 Å². The number of rotatable bonds is 17. The molecule has 4 aromatic rings. The largest absolute Gasteiger partial charge is 0.461 e. The smallest absolute Gasteiger partial charge is 0.444 e. The summed E-state index contributed by atoms with van der Waals surface area (Å²) in [6.07, 6.45) is -1.13. The van der Waals surface area contributed by atoms with Gasteiger partial charge in [0.05, 0.1) is 11.0 Å². The number of fused-ring (bicyclic) bond motifs is 1. The van der Waals surface area contributed by atoms with E-state index in [-0.39, 0.29) is 47.3 Å². The second-order valence-electron chi connectivity index (χ2n) is 17.7. The standard InChI is InChI=1S/C46H58F5N7O5/c1-28-24-33(40(60)52-22-7-23-58(5)6)17-19-35(28)32-15-12-30(13-16-32)25-38(41(61)54-34-18-20-36-37(26-34)57-42(56-36)45(47,48)46(49,50)51)55-39(59)21-14-29-8-10-31(11-9-29)27-53-43(62)63-44(2,3)4/h12-13,15-20,24,26,29,31,38H,7-11,14,21-23,25,27H2,1-6H3,(H,52,60)(H,53,62)(H,54,61)(H,55,59)(H,56,57)/t29?,31?,38-/m0/s1. The molecule has 1 aliphatic carbocycles. The molecule has 17 heteroatoms. The Kier molecular flexibility index (Phi) is 15.9. The summed E-state index contributed by atoms with van der Waals surface area (Å²) < 4.78 is 72.5. The predicted molar refractivity (Wildman–Crippen MR) is 231 cm³/mol. The fourth-order valence-electron chi connectivity index (χ4n) is 7.56. The van der Waals surface area contributed by atoms with Crippen LogP contribution in [0.3, 0.4) is 0 Å². The van der Waals surface area contributed by atoms with Gasteiger partial charge in [-0.2, -0.15) is 22.0 Å². The van der Waals surface area contributed by atoms with Gasteiger partial charge < -0.3 is 35.9 Å². The number of aryl methyl sites for hydroxylation is 1. The summed E-state index contributed by atoms with van der Waals surface area (Å²) >= 11 is 0. The fraction of sp³-hybridized carbons (Fsp3) is 0.500. The number of benzene rings is 3. The van der Waals surface area contributed by atoms with Gasteiger partial charge >= 0.3 is 18.2 Å². The molecular weight excluding hydrogens is 826 g/mol. The SMILES string of the molecule is Cc1cc(C(=O)NCCCN(C)C)ccc1-c1ccc(C[C@H](NC(=O)CCC2CCC(CNC(=O)OC(C)(C)C)CC2)C(=O)Nc2ccc3nc(C(F)(F)C(F)(F)F)[nH]c3c2)cc1. The minimum absolute atomic E-state index is 0.0772. The highest BCUT2D eigenvalue weighted by Gasteiger charge is 2.61. The number of carbonyl (C=O) groups excluding carboxylic acids is 4. The third-order valence-electron chi connectivity index (χ3n) is 11.0. The van der Waals surface area contributed by atoms with E-state index in [1.165, 1.54) is 18.2 Å². The van der Waals surface area contributed by atoms with Crippen molar-refractivity contribution in [2.45, 2.75) is 103 Å². The van der Waals surface area contributed by atoms with Crippen LogP contribution in [0.15, 0.2) is 60.7 Å². The van der Waals surface area contributed by atoms with Crippen LogP contribution in [-0.4, -0.2) is 90.2 Å². The zero-order chi connectivity index (χ0) is 46.1. The Labute approximate surface area is 364 Å². The van der Waals surface area contributed by atoms with E-state index in [1.807, 2.05) is 62.4 Å². The van der Waals surface area contributed by atoms with Crippen LogP contribution in [0.5, 0.6) is 0 Å². The third-order valence-corrected chi connectivity index (χ3v) is 11.0. The lowest BCUT2D eigenvalue weighted by molar-refractivity contribution is -0.292. The Morgan fingerprint density at radius 1 is 0.889 bits per heavy atom. The fourth-order valence-corrected chi connectivity index (χ4v) is 7.56. The number of H-pyrrole nitrogens is 1. The second kappa shape index (κ2) is 20.7. The van der Waals surface area contributed by atoms with Gasteiger partial charge in [-0.1, -0.05) is 43.2 Å². The molecule has 0 radical (unpaired) electrons. The van der Waals surface area contributed by atoms with Gasteiger partial charge in [0.2, 0.25) is 11.8 Å². The van der Waals surface area contributed by atoms with Crippen LogP contribution in [0.4, 0.5) is 32.4 Å². The zero-order valence-corrected chi connectivity index (χ0v) is 36.6. The molecule has 5 N–H and O–H groups in total. The molecule has 3 aromatic carbocycles. The summed E-state index contributed by atoms with van der Waals surface area (Å²) in [6, 6.07) is 15.6. The second-order valence-corrected chi connectivity index (χ2v) is 17.7. The van der Waals surface area contributed by atoms with Crippen molar-refractivity contribution < 1.29 is 45.9 Å². The number of aromatic amines is 1. The van der Waals surface area contributed by atoms with Gasteiger partial charge in [-0.25, -0.2) is 9.78 Å². The summed E-state index contributed by atoms with van der Waals surface area (Å²) in [5, 5.41) is 11.3. The van der Waals surface area contributed by atoms with Crippen LogP contribution < -0.4 is 21.3 Å². The van der Waals surface area contributed by atoms with Gasteiger partial charge in [-0.15, -0.1) is 0 Å². The first kappa shape index (κ1) is 48.5. The molecule has 1 fully saturated rings. The highest BCUT2D eigenvalue weighted by molar-refractivity contribution is 5.98. The lowest BCUT2D eigenvalue weighted by Crippen LogP contribution is -2.45. The first-order valence-electron chi connectivity index (χ1n) is 21.2. The van der Waals surface area contributed by atoms with E-state index >= 15 is 0 Å². The van der Waals surface area contributed by atoms with Crippen molar-refractivity contribution in [3.63, 3.8) is 0 Å². The molecule has 1 aliphatic rings. The molecule has 63 heavy (non-hydrogen) atoms. The van der Waals surface area contributed by atoms with Crippen molar-refractivity contribution in [3.05, 3.63) is 83.2 Å². The number of nitrogens with one attached hydrogen (secondary N) is 5. The maximum atomic E-state index is 14.0. The summed E-state index contributed by atoms with van der Waals surface area (Å²) in [5.41, 5.74) is 3.13. The third kappa shape index (κ3) is 14.0. The molecule has 0 saturated heterocycles. The lowest BCUT2D eigenvalue weighted by Gasteiger charge is -2.29. The van der Waals surface area contributed by atoms with Gasteiger partial charge in [-0.3, -0.25) is 14.4 Å². The molecule has 0 spiro atoms. The minimum atomic E-state index is -5.87. The normalized spacial score (nSPS) is 16.4. The molecule has 4 amide bonds. The number of hydrogen-bond acceptors (Lipinski definition) is 7. The number of imidazole rings is 1. The van der Waals surface area contributed by atoms with Crippen molar-refractivity contribution in [2.75, 3.05) is 39.0 Å². The van der Waals surface area contributed by atoms with Crippen LogP contribution in [0.1, 0.15) is 93.0 Å². The summed E-state index contributed by atoms with van der Waals surface area (Å²) in [7, 11) is 3.95. The maximum Gasteiger partial charge on any atom is 0.461 e. The number of carbonyl (C=O) groups is 4. The Morgan fingerprint density at radius 3 is 2.21 bits per heavy atom. The Bertz CT molecular complexity index is 2210. The molecule has 0 bridgehead atoms. The average molecular weight is 884 g/mol. The number of alkyl halides is 5. The molecule has 1 atom stereocenters. The van der Waals surface area contributed by atoms with Crippen molar-refractivity contribution in [3.8, 4) is 11.1 Å². The molecule has 12 nitrogen and oxygen atoms in total. The van der Waals surface area contributed by atoms with E-state index in [9.17, 15) is 41.1 Å². The number of amides is 4. The van der Waals surface area contributed by atoms with Gasteiger partial charge in [0, 0.05) is 37.2 Å². The number of hydrogen-bond donors (Lipinski definition) is 5. The molecule has 1 heterocycles. The Hall–Kier alpha value is -5.58. The highest BCUT2D eigenvalue weighted by atomic mass is 19.4. The summed E-state index contributed by atoms with van der Waals surface area (Å²) in [5.74, 6) is -7.34. The highest BCUT2D eigenvalue weighted by Crippen LogP contribution is 2.43. The number of nitrogens with zero attached hydrogens (tertiary/aromatic N) is 2.